The summed E-state index contributed by atoms with van der Waals surface area (Å²) in [6, 6.07) is 8.44. The third-order valence-electron chi connectivity index (χ3n) is 3.57. The second-order valence-corrected chi connectivity index (χ2v) is 5.71. The van der Waals surface area contributed by atoms with Gasteiger partial charge in [-0.15, -0.1) is 11.3 Å². The molecule has 4 aromatic rings. The molecule has 0 aliphatic carbocycles. The molecule has 4 nitrogen and oxygen atoms in total. The maximum atomic E-state index is 4.56. The number of hydrogen-bond acceptors (Lipinski definition) is 3. The van der Waals surface area contributed by atoms with E-state index in [1.807, 2.05) is 6.20 Å². The summed E-state index contributed by atoms with van der Waals surface area (Å²) < 4.78 is 2.15. The Labute approximate surface area is 120 Å². The van der Waals surface area contributed by atoms with Crippen molar-refractivity contribution in [2.45, 2.75) is 13.5 Å². The topological polar surface area (TPSA) is 45.1 Å². The van der Waals surface area contributed by atoms with Gasteiger partial charge in [-0.05, 0) is 31.2 Å². The van der Waals surface area contributed by atoms with Crippen molar-refractivity contribution in [3.8, 4) is 0 Å². The molecule has 5 heteroatoms. The fourth-order valence-electron chi connectivity index (χ4n) is 2.50. The normalized spacial score (nSPS) is 11.4. The lowest BCUT2D eigenvalue weighted by molar-refractivity contribution is 0.995. The molecule has 0 amide bonds. The second-order valence-electron chi connectivity index (χ2n) is 4.83. The van der Waals surface area contributed by atoms with Crippen molar-refractivity contribution in [2.24, 2.45) is 0 Å². The van der Waals surface area contributed by atoms with Crippen LogP contribution in [0.15, 0.2) is 42.0 Å². The molecule has 2 N–H and O–H groups in total. The molecule has 0 saturated heterocycles. The number of rotatable bonds is 3. The number of aryl methyl sites for hydroxylation is 1. The number of H-pyrrole nitrogens is 1. The third kappa shape index (κ3) is 1.78. The SMILES string of the molecule is Cc1nc2sccn2c1CNc1ccc2[nH]ccc2c1. The summed E-state index contributed by atoms with van der Waals surface area (Å²) >= 11 is 1.67. The number of aromatic amines is 1. The van der Waals surface area contributed by atoms with Crippen LogP contribution in [-0.4, -0.2) is 14.4 Å². The number of fused-ring (bicyclic) bond motifs is 2. The van der Waals surface area contributed by atoms with Crippen LogP contribution in [0.25, 0.3) is 15.9 Å². The third-order valence-corrected chi connectivity index (χ3v) is 4.33. The van der Waals surface area contributed by atoms with Gasteiger partial charge in [0.15, 0.2) is 4.96 Å². The van der Waals surface area contributed by atoms with Crippen LogP contribution < -0.4 is 5.32 Å². The largest absolute Gasteiger partial charge is 0.379 e. The summed E-state index contributed by atoms with van der Waals surface area (Å²) in [6.07, 6.45) is 4.04. The molecule has 4 rings (SSSR count). The summed E-state index contributed by atoms with van der Waals surface area (Å²) in [5, 5.41) is 6.77. The molecule has 0 radical (unpaired) electrons. The maximum Gasteiger partial charge on any atom is 0.194 e. The quantitative estimate of drug-likeness (QED) is 0.600. The Hall–Kier alpha value is -2.27. The minimum absolute atomic E-state index is 0.777. The monoisotopic (exact) mass is 282 g/mol. The van der Waals surface area contributed by atoms with Gasteiger partial charge in [0.1, 0.15) is 0 Å². The zero-order valence-electron chi connectivity index (χ0n) is 11.1. The average molecular weight is 282 g/mol. The zero-order chi connectivity index (χ0) is 13.5. The van der Waals surface area contributed by atoms with Crippen molar-refractivity contribution < 1.29 is 0 Å². The molecule has 0 bridgehead atoms. The van der Waals surface area contributed by atoms with E-state index in [9.17, 15) is 0 Å². The van der Waals surface area contributed by atoms with Gasteiger partial charge in [0.25, 0.3) is 0 Å². The Morgan fingerprint density at radius 1 is 1.35 bits per heavy atom. The van der Waals surface area contributed by atoms with E-state index in [4.69, 9.17) is 0 Å². The molecule has 0 unspecified atom stereocenters. The van der Waals surface area contributed by atoms with Crippen LogP contribution in [0.2, 0.25) is 0 Å². The Kier molecular flexibility index (Phi) is 2.53. The van der Waals surface area contributed by atoms with Gasteiger partial charge >= 0.3 is 0 Å². The van der Waals surface area contributed by atoms with E-state index < -0.39 is 0 Å². The highest BCUT2D eigenvalue weighted by Crippen LogP contribution is 2.20. The van der Waals surface area contributed by atoms with Crippen molar-refractivity contribution in [3.63, 3.8) is 0 Å². The first kappa shape index (κ1) is 11.5. The van der Waals surface area contributed by atoms with Gasteiger partial charge in [0, 0.05) is 34.4 Å². The fraction of sp³-hybridized carbons (Fsp3) is 0.133. The van der Waals surface area contributed by atoms with Crippen LogP contribution in [0.3, 0.4) is 0 Å². The molecule has 3 heterocycles. The Morgan fingerprint density at radius 3 is 3.25 bits per heavy atom. The molecule has 0 fully saturated rings. The number of aromatic nitrogens is 3. The molecule has 0 spiro atoms. The van der Waals surface area contributed by atoms with E-state index in [0.29, 0.717) is 0 Å². The molecule has 100 valence electrons. The van der Waals surface area contributed by atoms with Gasteiger partial charge in [-0.2, -0.15) is 0 Å². The molecule has 0 aliphatic heterocycles. The molecule has 0 atom stereocenters. The minimum atomic E-state index is 0.777. The van der Waals surface area contributed by atoms with Crippen molar-refractivity contribution in [2.75, 3.05) is 5.32 Å². The number of nitrogens with zero attached hydrogens (tertiary/aromatic N) is 2. The first-order valence-electron chi connectivity index (χ1n) is 6.53. The lowest BCUT2D eigenvalue weighted by Crippen LogP contribution is -2.03. The number of nitrogens with one attached hydrogen (secondary N) is 2. The summed E-state index contributed by atoms with van der Waals surface area (Å²) in [5.41, 5.74) is 4.60. The van der Waals surface area contributed by atoms with Crippen LogP contribution in [0.5, 0.6) is 0 Å². The van der Waals surface area contributed by atoms with Crippen molar-refractivity contribution in [3.05, 3.63) is 53.4 Å². The van der Waals surface area contributed by atoms with E-state index in [1.54, 1.807) is 11.3 Å². The van der Waals surface area contributed by atoms with E-state index >= 15 is 0 Å². The fourth-order valence-corrected chi connectivity index (χ4v) is 3.28. The minimum Gasteiger partial charge on any atom is -0.379 e. The average Bonchev–Trinajstić information content (AvgIpc) is 3.12. The number of benzene rings is 1. The molecule has 3 aromatic heterocycles. The van der Waals surface area contributed by atoms with E-state index in [-0.39, 0.29) is 0 Å². The highest BCUT2D eigenvalue weighted by molar-refractivity contribution is 7.15. The van der Waals surface area contributed by atoms with Gasteiger partial charge in [-0.1, -0.05) is 0 Å². The number of imidazole rings is 1. The van der Waals surface area contributed by atoms with Gasteiger partial charge in [0.05, 0.1) is 17.9 Å². The highest BCUT2D eigenvalue weighted by atomic mass is 32.1. The Balaban J connectivity index is 1.63. The number of thiazole rings is 1. The molecular formula is C15H14N4S. The van der Waals surface area contributed by atoms with Crippen molar-refractivity contribution >= 4 is 32.9 Å². The smallest absolute Gasteiger partial charge is 0.194 e. The lowest BCUT2D eigenvalue weighted by Gasteiger charge is -2.07. The standard InChI is InChI=1S/C15H14N4S/c1-10-14(19-6-7-20-15(19)18-10)9-17-12-2-3-13-11(8-12)4-5-16-13/h2-8,16-17H,9H2,1H3. The van der Waals surface area contributed by atoms with Crippen LogP contribution in [-0.2, 0) is 6.54 Å². The van der Waals surface area contributed by atoms with E-state index in [2.05, 4.69) is 62.5 Å². The summed E-state index contributed by atoms with van der Waals surface area (Å²) in [5.74, 6) is 0. The van der Waals surface area contributed by atoms with Crippen molar-refractivity contribution in [1.29, 1.82) is 0 Å². The van der Waals surface area contributed by atoms with Gasteiger partial charge in [-0.3, -0.25) is 4.40 Å². The van der Waals surface area contributed by atoms with Crippen LogP contribution >= 0.6 is 11.3 Å². The van der Waals surface area contributed by atoms with Gasteiger partial charge in [-0.25, -0.2) is 4.98 Å². The van der Waals surface area contributed by atoms with E-state index in [0.717, 1.165) is 28.4 Å². The van der Waals surface area contributed by atoms with Crippen molar-refractivity contribution in [1.82, 2.24) is 14.4 Å². The number of anilines is 1. The maximum absolute atomic E-state index is 4.56. The molecule has 0 aliphatic rings. The Morgan fingerprint density at radius 2 is 2.30 bits per heavy atom. The summed E-state index contributed by atoms with van der Waals surface area (Å²) in [7, 11) is 0. The molecule has 0 saturated carbocycles. The molecular weight excluding hydrogens is 268 g/mol. The molecule has 1 aromatic carbocycles. The highest BCUT2D eigenvalue weighted by Gasteiger charge is 2.09. The summed E-state index contributed by atoms with van der Waals surface area (Å²) in [6.45, 7) is 2.84. The Bertz CT molecular complexity index is 884. The second kappa shape index (κ2) is 4.38. The van der Waals surface area contributed by atoms with Crippen LogP contribution in [0.1, 0.15) is 11.4 Å². The predicted molar refractivity (Wildman–Crippen MR) is 83.4 cm³/mol. The van der Waals surface area contributed by atoms with Gasteiger partial charge < -0.3 is 10.3 Å². The summed E-state index contributed by atoms with van der Waals surface area (Å²) in [4.78, 5) is 8.83. The van der Waals surface area contributed by atoms with Crippen LogP contribution in [0.4, 0.5) is 5.69 Å². The van der Waals surface area contributed by atoms with Gasteiger partial charge in [0.2, 0.25) is 0 Å². The lowest BCUT2D eigenvalue weighted by atomic mass is 10.2. The number of hydrogen-bond donors (Lipinski definition) is 2. The first-order chi connectivity index (χ1) is 9.81. The first-order valence-corrected chi connectivity index (χ1v) is 7.41. The predicted octanol–water partition coefficient (Wildman–Crippen LogP) is 3.80. The molecule has 20 heavy (non-hydrogen) atoms. The zero-order valence-corrected chi connectivity index (χ0v) is 11.9. The van der Waals surface area contributed by atoms with Crippen LogP contribution in [0, 0.1) is 6.92 Å². The van der Waals surface area contributed by atoms with E-state index in [1.165, 1.54) is 11.1 Å².